The van der Waals surface area contributed by atoms with E-state index in [1.807, 2.05) is 12.1 Å². The molecule has 3 nitrogen and oxygen atoms in total. The number of nitrogens with one attached hydrogen (secondary N) is 1. The van der Waals surface area contributed by atoms with Crippen LogP contribution in [0.25, 0.3) is 0 Å². The zero-order valence-electron chi connectivity index (χ0n) is 8.42. The van der Waals surface area contributed by atoms with Crippen molar-refractivity contribution in [1.29, 1.82) is 0 Å². The Balaban J connectivity index is 2.51. The third kappa shape index (κ3) is 3.09. The van der Waals surface area contributed by atoms with E-state index in [4.69, 9.17) is 5.73 Å². The predicted molar refractivity (Wildman–Crippen MR) is 58.4 cm³/mol. The Morgan fingerprint density at radius 1 is 1.36 bits per heavy atom. The number of carbonyl (C=O) groups excluding carboxylic acids is 1. The highest BCUT2D eigenvalue weighted by Crippen LogP contribution is 2.08. The second kappa shape index (κ2) is 5.27. The van der Waals surface area contributed by atoms with Gasteiger partial charge in [0, 0.05) is 17.8 Å². The fraction of sp³-hybridized carbons (Fsp3) is 0.364. The van der Waals surface area contributed by atoms with Gasteiger partial charge in [-0.3, -0.25) is 4.79 Å². The second-order valence-corrected chi connectivity index (χ2v) is 3.22. The molecule has 3 N–H and O–H groups in total. The van der Waals surface area contributed by atoms with Gasteiger partial charge in [-0.2, -0.15) is 0 Å². The molecule has 0 heterocycles. The van der Waals surface area contributed by atoms with E-state index >= 15 is 0 Å². The molecule has 0 radical (unpaired) electrons. The van der Waals surface area contributed by atoms with Crippen LogP contribution >= 0.6 is 0 Å². The first-order chi connectivity index (χ1) is 6.74. The van der Waals surface area contributed by atoms with Gasteiger partial charge >= 0.3 is 0 Å². The number of hydrogen-bond acceptors (Lipinski definition) is 2. The highest BCUT2D eigenvalue weighted by Gasteiger charge is 1.98. The van der Waals surface area contributed by atoms with Crippen LogP contribution in [0.4, 0.5) is 5.69 Å². The van der Waals surface area contributed by atoms with Crippen LogP contribution < -0.4 is 11.1 Å². The highest BCUT2D eigenvalue weighted by molar-refractivity contribution is 5.93. The highest BCUT2D eigenvalue weighted by atomic mass is 16.1. The van der Waals surface area contributed by atoms with Gasteiger partial charge in [0.15, 0.2) is 0 Å². The number of unbranched alkanes of at least 4 members (excludes halogenated alkanes) is 1. The minimum absolute atomic E-state index is 0.384. The largest absolute Gasteiger partial charge is 0.385 e. The van der Waals surface area contributed by atoms with Crippen LogP contribution in [-0.4, -0.2) is 12.5 Å². The number of hydrogen-bond donors (Lipinski definition) is 2. The van der Waals surface area contributed by atoms with Gasteiger partial charge in [0.1, 0.15) is 0 Å². The number of carbonyl (C=O) groups is 1. The summed E-state index contributed by atoms with van der Waals surface area (Å²) in [4.78, 5) is 10.8. The summed E-state index contributed by atoms with van der Waals surface area (Å²) in [5, 5.41) is 3.26. The van der Waals surface area contributed by atoms with Crippen LogP contribution in [-0.2, 0) is 0 Å². The molecule has 0 saturated heterocycles. The van der Waals surface area contributed by atoms with Crippen LogP contribution in [0.2, 0.25) is 0 Å². The van der Waals surface area contributed by atoms with Crippen molar-refractivity contribution in [2.24, 2.45) is 5.73 Å². The molecule has 1 aromatic carbocycles. The molecule has 0 bridgehead atoms. The van der Waals surface area contributed by atoms with E-state index in [0.29, 0.717) is 5.56 Å². The van der Waals surface area contributed by atoms with E-state index in [2.05, 4.69) is 12.2 Å². The number of rotatable bonds is 5. The SMILES string of the molecule is CCCCNc1ccc(C(N)=O)cc1. The molecule has 0 spiro atoms. The van der Waals surface area contributed by atoms with Crippen molar-refractivity contribution in [2.75, 3.05) is 11.9 Å². The first-order valence-corrected chi connectivity index (χ1v) is 4.87. The molecule has 14 heavy (non-hydrogen) atoms. The van der Waals surface area contributed by atoms with Crippen molar-refractivity contribution >= 4 is 11.6 Å². The molecule has 1 rings (SSSR count). The third-order valence-corrected chi connectivity index (χ3v) is 2.03. The Morgan fingerprint density at radius 2 is 2.00 bits per heavy atom. The number of anilines is 1. The summed E-state index contributed by atoms with van der Waals surface area (Å²) in [5.41, 5.74) is 6.70. The lowest BCUT2D eigenvalue weighted by molar-refractivity contribution is 0.100. The molecule has 1 amide bonds. The number of benzene rings is 1. The first-order valence-electron chi connectivity index (χ1n) is 4.87. The van der Waals surface area contributed by atoms with E-state index in [0.717, 1.165) is 18.7 Å². The number of nitrogens with two attached hydrogens (primary N) is 1. The summed E-state index contributed by atoms with van der Waals surface area (Å²) in [6.07, 6.45) is 2.32. The lowest BCUT2D eigenvalue weighted by Crippen LogP contribution is -2.10. The summed E-state index contributed by atoms with van der Waals surface area (Å²) in [6, 6.07) is 7.21. The van der Waals surface area contributed by atoms with Crippen molar-refractivity contribution in [3.05, 3.63) is 29.8 Å². The molecule has 0 aliphatic carbocycles. The van der Waals surface area contributed by atoms with Gasteiger partial charge in [-0.05, 0) is 30.7 Å². The van der Waals surface area contributed by atoms with Crippen molar-refractivity contribution < 1.29 is 4.79 Å². The smallest absolute Gasteiger partial charge is 0.248 e. The molecule has 0 fully saturated rings. The summed E-state index contributed by atoms with van der Waals surface area (Å²) in [5.74, 6) is -0.384. The summed E-state index contributed by atoms with van der Waals surface area (Å²) in [6.45, 7) is 3.12. The van der Waals surface area contributed by atoms with Gasteiger partial charge in [-0.15, -0.1) is 0 Å². The molecular formula is C11H16N2O. The standard InChI is InChI=1S/C11H16N2O/c1-2-3-8-13-10-6-4-9(5-7-10)11(12)14/h4-7,13H,2-3,8H2,1H3,(H2,12,14). The minimum atomic E-state index is -0.384. The van der Waals surface area contributed by atoms with E-state index in [1.54, 1.807) is 12.1 Å². The summed E-state index contributed by atoms with van der Waals surface area (Å²) < 4.78 is 0. The van der Waals surface area contributed by atoms with Gasteiger partial charge in [-0.1, -0.05) is 13.3 Å². The molecule has 0 saturated carbocycles. The quantitative estimate of drug-likeness (QED) is 0.701. The van der Waals surface area contributed by atoms with E-state index in [-0.39, 0.29) is 5.91 Å². The maximum absolute atomic E-state index is 10.8. The average molecular weight is 192 g/mol. The van der Waals surface area contributed by atoms with E-state index in [9.17, 15) is 4.79 Å². The van der Waals surface area contributed by atoms with Crippen LogP contribution in [0.5, 0.6) is 0 Å². The van der Waals surface area contributed by atoms with Crippen molar-refractivity contribution in [2.45, 2.75) is 19.8 Å². The van der Waals surface area contributed by atoms with Crippen LogP contribution in [0, 0.1) is 0 Å². The molecule has 3 heteroatoms. The molecular weight excluding hydrogens is 176 g/mol. The molecule has 0 aliphatic rings. The minimum Gasteiger partial charge on any atom is -0.385 e. The fourth-order valence-corrected chi connectivity index (χ4v) is 1.16. The Hall–Kier alpha value is -1.51. The van der Waals surface area contributed by atoms with Crippen molar-refractivity contribution in [3.8, 4) is 0 Å². The van der Waals surface area contributed by atoms with Crippen molar-refractivity contribution in [3.63, 3.8) is 0 Å². The monoisotopic (exact) mass is 192 g/mol. The lowest BCUT2D eigenvalue weighted by atomic mass is 10.2. The number of primary amides is 1. The van der Waals surface area contributed by atoms with Gasteiger partial charge in [0.25, 0.3) is 0 Å². The molecule has 0 aromatic heterocycles. The van der Waals surface area contributed by atoms with Gasteiger partial charge in [0.2, 0.25) is 5.91 Å². The Bertz CT molecular complexity index is 293. The van der Waals surface area contributed by atoms with Crippen LogP contribution in [0.15, 0.2) is 24.3 Å². The Kier molecular flexibility index (Phi) is 3.98. The zero-order valence-corrected chi connectivity index (χ0v) is 8.42. The maximum Gasteiger partial charge on any atom is 0.248 e. The average Bonchev–Trinajstić information content (AvgIpc) is 2.19. The molecule has 76 valence electrons. The van der Waals surface area contributed by atoms with Gasteiger partial charge < -0.3 is 11.1 Å². The predicted octanol–water partition coefficient (Wildman–Crippen LogP) is 2.00. The Labute approximate surface area is 84.3 Å². The topological polar surface area (TPSA) is 55.1 Å². The van der Waals surface area contributed by atoms with Crippen molar-refractivity contribution in [1.82, 2.24) is 0 Å². The van der Waals surface area contributed by atoms with E-state index < -0.39 is 0 Å². The van der Waals surface area contributed by atoms with Crippen LogP contribution in [0.3, 0.4) is 0 Å². The molecule has 1 aromatic rings. The molecule has 0 unspecified atom stereocenters. The molecule has 0 atom stereocenters. The van der Waals surface area contributed by atoms with Gasteiger partial charge in [-0.25, -0.2) is 0 Å². The third-order valence-electron chi connectivity index (χ3n) is 2.03. The van der Waals surface area contributed by atoms with Gasteiger partial charge in [0.05, 0.1) is 0 Å². The lowest BCUT2D eigenvalue weighted by Gasteiger charge is -2.05. The van der Waals surface area contributed by atoms with Crippen LogP contribution in [0.1, 0.15) is 30.1 Å². The summed E-state index contributed by atoms with van der Waals surface area (Å²) >= 11 is 0. The summed E-state index contributed by atoms with van der Waals surface area (Å²) in [7, 11) is 0. The number of amides is 1. The fourth-order valence-electron chi connectivity index (χ4n) is 1.16. The van der Waals surface area contributed by atoms with E-state index in [1.165, 1.54) is 6.42 Å². The normalized spacial score (nSPS) is 9.79. The maximum atomic E-state index is 10.8. The molecule has 0 aliphatic heterocycles. The first kappa shape index (κ1) is 10.6. The zero-order chi connectivity index (χ0) is 10.4. The second-order valence-electron chi connectivity index (χ2n) is 3.22. The Morgan fingerprint density at radius 3 is 2.50 bits per heavy atom.